The smallest absolute Gasteiger partial charge is 0.0595 e. The summed E-state index contributed by atoms with van der Waals surface area (Å²) in [6.45, 7) is 9.17. The molecule has 3 aliphatic carbocycles. The molecule has 0 nitrogen and oxygen atoms in total. The van der Waals surface area contributed by atoms with Crippen LogP contribution in [0.25, 0.3) is 0 Å². The lowest BCUT2D eigenvalue weighted by Crippen LogP contribution is -2.45. The summed E-state index contributed by atoms with van der Waals surface area (Å²) < 4.78 is 0. The number of hydrogen-bond donors (Lipinski definition) is 0. The van der Waals surface area contributed by atoms with Crippen LogP contribution in [0.1, 0.15) is 84.5 Å². The second-order valence-corrected chi connectivity index (χ2v) is 14.4. The van der Waals surface area contributed by atoms with E-state index in [1.54, 1.807) is 57.0 Å². The standard InChI is InChI=1S/C22H40Si/c1-4-7-12-18-17-22(21-16-11-10-15-20(18)21)23(5-2,6-3)19-13-8-9-14-19/h4,18-22H,1,5-17H2,2-3H3. The summed E-state index contributed by atoms with van der Waals surface area (Å²) in [6, 6.07) is 3.16. The molecule has 1 heteroatoms. The Morgan fingerprint density at radius 3 is 2.13 bits per heavy atom. The highest BCUT2D eigenvalue weighted by atomic mass is 28.3. The molecule has 0 heterocycles. The molecule has 3 aliphatic rings. The van der Waals surface area contributed by atoms with E-state index in [1.807, 2.05) is 0 Å². The van der Waals surface area contributed by atoms with Crippen molar-refractivity contribution in [3.05, 3.63) is 12.7 Å². The van der Waals surface area contributed by atoms with Crippen molar-refractivity contribution >= 4 is 8.07 Å². The highest BCUT2D eigenvalue weighted by Crippen LogP contribution is 2.62. The fourth-order valence-electron chi connectivity index (χ4n) is 7.43. The summed E-state index contributed by atoms with van der Waals surface area (Å²) >= 11 is 0. The molecule has 0 aromatic carbocycles. The van der Waals surface area contributed by atoms with Gasteiger partial charge in [-0.1, -0.05) is 77.0 Å². The monoisotopic (exact) mass is 332 g/mol. The molecule has 132 valence electrons. The maximum atomic E-state index is 4.00. The van der Waals surface area contributed by atoms with Crippen LogP contribution in [0.5, 0.6) is 0 Å². The van der Waals surface area contributed by atoms with Gasteiger partial charge in [-0.2, -0.15) is 0 Å². The van der Waals surface area contributed by atoms with Gasteiger partial charge in [0.05, 0.1) is 8.07 Å². The number of hydrogen-bond acceptors (Lipinski definition) is 0. The van der Waals surface area contributed by atoms with Crippen LogP contribution in [-0.4, -0.2) is 8.07 Å². The Morgan fingerprint density at radius 1 is 0.913 bits per heavy atom. The zero-order chi connectivity index (χ0) is 16.3. The quantitative estimate of drug-likeness (QED) is 0.333. The van der Waals surface area contributed by atoms with Gasteiger partial charge >= 0.3 is 0 Å². The van der Waals surface area contributed by atoms with Gasteiger partial charge in [-0.15, -0.1) is 6.58 Å². The van der Waals surface area contributed by atoms with E-state index in [4.69, 9.17) is 0 Å². The van der Waals surface area contributed by atoms with Gasteiger partial charge in [-0.3, -0.25) is 0 Å². The maximum Gasteiger partial charge on any atom is 0.0595 e. The zero-order valence-corrected chi connectivity index (χ0v) is 16.9. The van der Waals surface area contributed by atoms with Crippen LogP contribution in [0.4, 0.5) is 0 Å². The van der Waals surface area contributed by atoms with Gasteiger partial charge in [0.1, 0.15) is 0 Å². The first-order chi connectivity index (χ1) is 11.3. The minimum Gasteiger partial charge on any atom is -0.103 e. The first kappa shape index (κ1) is 17.8. The molecule has 0 N–H and O–H groups in total. The van der Waals surface area contributed by atoms with E-state index in [1.165, 1.54) is 36.8 Å². The van der Waals surface area contributed by atoms with E-state index < -0.39 is 8.07 Å². The van der Waals surface area contributed by atoms with Gasteiger partial charge in [0.25, 0.3) is 0 Å². The Bertz CT molecular complexity index is 377. The van der Waals surface area contributed by atoms with Crippen LogP contribution in [-0.2, 0) is 0 Å². The van der Waals surface area contributed by atoms with E-state index in [2.05, 4.69) is 26.5 Å². The summed E-state index contributed by atoms with van der Waals surface area (Å²) in [5.41, 5.74) is 2.36. The Balaban J connectivity index is 1.84. The fraction of sp³-hybridized carbons (Fsp3) is 0.909. The Morgan fingerprint density at radius 2 is 1.52 bits per heavy atom. The van der Waals surface area contributed by atoms with E-state index >= 15 is 0 Å². The van der Waals surface area contributed by atoms with Crippen molar-refractivity contribution in [2.75, 3.05) is 0 Å². The SMILES string of the molecule is C=CCCC1CC([Si](CC)(CC)C2CCCC2)C2CCCCC12. The van der Waals surface area contributed by atoms with E-state index in [0.717, 1.165) is 17.8 Å². The molecule has 23 heavy (non-hydrogen) atoms. The second-order valence-electron chi connectivity index (χ2n) is 9.00. The van der Waals surface area contributed by atoms with E-state index in [-0.39, 0.29) is 0 Å². The highest BCUT2D eigenvalue weighted by molar-refractivity contribution is 6.82. The third kappa shape index (κ3) is 3.24. The predicted octanol–water partition coefficient (Wildman–Crippen LogP) is 7.58. The van der Waals surface area contributed by atoms with E-state index in [9.17, 15) is 0 Å². The molecule has 0 aromatic rings. The van der Waals surface area contributed by atoms with Crippen LogP contribution in [0.3, 0.4) is 0 Å². The Labute approximate surface area is 146 Å². The number of fused-ring (bicyclic) bond motifs is 1. The van der Waals surface area contributed by atoms with Crippen LogP contribution in [0.2, 0.25) is 23.2 Å². The van der Waals surface area contributed by atoms with Gasteiger partial charge < -0.3 is 0 Å². The average Bonchev–Trinajstić information content (AvgIpc) is 3.24. The molecule has 0 saturated heterocycles. The summed E-state index contributed by atoms with van der Waals surface area (Å²) in [4.78, 5) is 0. The summed E-state index contributed by atoms with van der Waals surface area (Å²) in [6.07, 6.45) is 19.0. The normalized spacial score (nSPS) is 35.4. The number of allylic oxidation sites excluding steroid dienone is 1. The van der Waals surface area contributed by atoms with Gasteiger partial charge in [-0.25, -0.2) is 0 Å². The van der Waals surface area contributed by atoms with Gasteiger partial charge in [0.2, 0.25) is 0 Å². The van der Waals surface area contributed by atoms with Crippen molar-refractivity contribution in [2.24, 2.45) is 17.8 Å². The first-order valence-electron chi connectivity index (χ1n) is 10.9. The average molecular weight is 333 g/mol. The third-order valence-corrected chi connectivity index (χ3v) is 15.5. The largest absolute Gasteiger partial charge is 0.103 e. The molecular weight excluding hydrogens is 292 g/mol. The maximum absolute atomic E-state index is 4.00. The molecule has 4 atom stereocenters. The van der Waals surface area contributed by atoms with Gasteiger partial charge in [0, 0.05) is 0 Å². The van der Waals surface area contributed by atoms with Crippen molar-refractivity contribution in [1.82, 2.24) is 0 Å². The van der Waals surface area contributed by atoms with Crippen molar-refractivity contribution < 1.29 is 0 Å². The lowest BCUT2D eigenvalue weighted by atomic mass is 9.77. The van der Waals surface area contributed by atoms with Crippen LogP contribution in [0, 0.1) is 17.8 Å². The molecular formula is C22H40Si. The Kier molecular flexibility index (Phi) is 6.10. The Hall–Kier alpha value is -0.0431. The molecule has 3 fully saturated rings. The molecule has 0 aliphatic heterocycles. The summed E-state index contributed by atoms with van der Waals surface area (Å²) in [5, 5.41) is 0. The molecule has 3 saturated carbocycles. The molecule has 0 bridgehead atoms. The summed E-state index contributed by atoms with van der Waals surface area (Å²) in [5.74, 6) is 3.28. The molecule has 4 unspecified atom stereocenters. The van der Waals surface area contributed by atoms with Crippen LogP contribution >= 0.6 is 0 Å². The van der Waals surface area contributed by atoms with Crippen molar-refractivity contribution in [3.63, 3.8) is 0 Å². The predicted molar refractivity (Wildman–Crippen MR) is 106 cm³/mol. The van der Waals surface area contributed by atoms with Crippen LogP contribution < -0.4 is 0 Å². The molecule has 3 rings (SSSR count). The number of rotatable bonds is 7. The lowest BCUT2D eigenvalue weighted by Gasteiger charge is -2.45. The van der Waals surface area contributed by atoms with Crippen molar-refractivity contribution in [1.29, 1.82) is 0 Å². The first-order valence-corrected chi connectivity index (χ1v) is 13.4. The molecule has 0 aromatic heterocycles. The van der Waals surface area contributed by atoms with Gasteiger partial charge in [-0.05, 0) is 54.5 Å². The molecule has 0 amide bonds. The molecule has 0 spiro atoms. The summed E-state index contributed by atoms with van der Waals surface area (Å²) in [7, 11) is -1.09. The van der Waals surface area contributed by atoms with Crippen LogP contribution in [0.15, 0.2) is 12.7 Å². The van der Waals surface area contributed by atoms with Crippen molar-refractivity contribution in [3.8, 4) is 0 Å². The topological polar surface area (TPSA) is 0 Å². The highest BCUT2D eigenvalue weighted by Gasteiger charge is 2.54. The second kappa shape index (κ2) is 7.89. The van der Waals surface area contributed by atoms with Crippen molar-refractivity contribution in [2.45, 2.75) is 108 Å². The fourth-order valence-corrected chi connectivity index (χ4v) is 14.3. The van der Waals surface area contributed by atoms with Gasteiger partial charge in [0.15, 0.2) is 0 Å². The zero-order valence-electron chi connectivity index (χ0n) is 15.9. The lowest BCUT2D eigenvalue weighted by molar-refractivity contribution is 0.220. The molecule has 0 radical (unpaired) electrons. The minimum atomic E-state index is -1.09. The minimum absolute atomic E-state index is 1.05. The van der Waals surface area contributed by atoms with E-state index in [0.29, 0.717) is 0 Å². The third-order valence-electron chi connectivity index (χ3n) is 8.52.